The molecule has 3 aromatic heterocycles. The van der Waals surface area contributed by atoms with Gasteiger partial charge in [0.05, 0.1) is 10.7 Å². The van der Waals surface area contributed by atoms with Gasteiger partial charge in [-0.15, -0.1) is 0 Å². The Kier molecular flexibility index (Phi) is 4.21. The number of nitrogen functional groups attached to an aromatic ring is 1. The van der Waals surface area contributed by atoms with Crippen LogP contribution in [0.15, 0.2) is 53.7 Å². The quantitative estimate of drug-likeness (QED) is 0.540. The van der Waals surface area contributed by atoms with Crippen molar-refractivity contribution in [2.45, 2.75) is 25.3 Å². The van der Waals surface area contributed by atoms with E-state index in [0.717, 1.165) is 12.8 Å². The molecule has 1 atom stereocenters. The van der Waals surface area contributed by atoms with Crippen LogP contribution in [0.25, 0.3) is 11.2 Å². The van der Waals surface area contributed by atoms with Crippen LogP contribution >= 0.6 is 11.6 Å². The normalized spacial score (nSPS) is 18.9. The molecule has 4 heterocycles. The van der Waals surface area contributed by atoms with Crippen molar-refractivity contribution in [3.05, 3.63) is 70.1 Å². The van der Waals surface area contributed by atoms with Crippen molar-refractivity contribution < 1.29 is 0 Å². The maximum absolute atomic E-state index is 13.6. The summed E-state index contributed by atoms with van der Waals surface area (Å²) >= 11 is 6.30. The molecule has 30 heavy (non-hydrogen) atoms. The lowest BCUT2D eigenvalue weighted by molar-refractivity contribution is 0.429. The fraction of sp³-hybridized carbons (Fsp3) is 0.250. The maximum atomic E-state index is 13.6. The molecule has 0 spiro atoms. The first kappa shape index (κ1) is 18.6. The number of halogens is 1. The molecule has 0 bridgehead atoms. The summed E-state index contributed by atoms with van der Waals surface area (Å²) in [5, 5.41) is 5.20. The molecule has 0 saturated carbocycles. The van der Waals surface area contributed by atoms with Gasteiger partial charge >= 0.3 is 0 Å². The van der Waals surface area contributed by atoms with Crippen LogP contribution in [0, 0.1) is 0 Å². The molecule has 0 aliphatic carbocycles. The van der Waals surface area contributed by atoms with Crippen LogP contribution in [0.4, 0.5) is 11.9 Å². The smallest absolute Gasteiger partial charge is 0.284 e. The Morgan fingerprint density at radius 3 is 2.73 bits per heavy atom. The molecule has 0 radical (unpaired) electrons. The summed E-state index contributed by atoms with van der Waals surface area (Å²) in [5.41, 5.74) is 5.97. The number of nitrogens with zero attached hydrogens (tertiary/aromatic N) is 7. The number of para-hydroxylation sites is 1. The molecule has 4 aromatic rings. The molecule has 2 N–H and O–H groups in total. The Morgan fingerprint density at radius 1 is 1.17 bits per heavy atom. The van der Waals surface area contributed by atoms with Crippen molar-refractivity contribution in [3.63, 3.8) is 0 Å². The number of aromatic nitrogens is 6. The van der Waals surface area contributed by atoms with Gasteiger partial charge in [-0.1, -0.05) is 29.8 Å². The van der Waals surface area contributed by atoms with E-state index in [2.05, 4.69) is 15.0 Å². The lowest BCUT2D eigenvalue weighted by Gasteiger charge is -2.35. The second kappa shape index (κ2) is 6.81. The van der Waals surface area contributed by atoms with E-state index >= 15 is 0 Å². The molecule has 1 fully saturated rings. The average molecular weight is 423 g/mol. The zero-order valence-corrected chi connectivity index (χ0v) is 17.0. The number of hydrogen-bond donors (Lipinski definition) is 1. The lowest BCUT2D eigenvalue weighted by Crippen LogP contribution is -2.45. The van der Waals surface area contributed by atoms with Gasteiger partial charge in [0.1, 0.15) is 17.4 Å². The summed E-state index contributed by atoms with van der Waals surface area (Å²) in [6.45, 7) is 2.74. The van der Waals surface area contributed by atoms with Crippen LogP contribution in [0.5, 0.6) is 0 Å². The zero-order chi connectivity index (χ0) is 20.9. The Hall–Kier alpha value is -3.46. The highest BCUT2D eigenvalue weighted by Gasteiger charge is 2.44. The van der Waals surface area contributed by atoms with Crippen LogP contribution < -0.4 is 16.2 Å². The van der Waals surface area contributed by atoms with Gasteiger partial charge < -0.3 is 10.6 Å². The van der Waals surface area contributed by atoms with E-state index in [0.29, 0.717) is 34.5 Å². The van der Waals surface area contributed by atoms with Gasteiger partial charge in [-0.2, -0.15) is 10.1 Å². The van der Waals surface area contributed by atoms with Gasteiger partial charge in [0.15, 0.2) is 5.82 Å². The lowest BCUT2D eigenvalue weighted by atomic mass is 9.97. The molecule has 1 saturated heterocycles. The summed E-state index contributed by atoms with van der Waals surface area (Å²) in [5.74, 6) is 1.19. The molecular weight excluding hydrogens is 404 g/mol. The van der Waals surface area contributed by atoms with Crippen molar-refractivity contribution in [2.75, 3.05) is 17.2 Å². The number of benzene rings is 1. The summed E-state index contributed by atoms with van der Waals surface area (Å²) in [6.07, 6.45) is 4.74. The number of hydrogen-bond acceptors (Lipinski definition) is 7. The minimum Gasteiger partial charge on any atom is -0.368 e. The number of fused-ring (bicyclic) bond motifs is 1. The summed E-state index contributed by atoms with van der Waals surface area (Å²) in [7, 11) is 0. The molecule has 10 heteroatoms. The Bertz CT molecular complexity index is 1300. The minimum atomic E-state index is -0.645. The molecule has 1 aliphatic heterocycles. The first-order chi connectivity index (χ1) is 14.5. The van der Waals surface area contributed by atoms with Crippen LogP contribution in [0.1, 0.15) is 25.6 Å². The van der Waals surface area contributed by atoms with Gasteiger partial charge in [-0.25, -0.2) is 14.5 Å². The molecule has 9 nitrogen and oxygen atoms in total. The molecule has 152 valence electrons. The fourth-order valence-electron chi connectivity index (χ4n) is 4.14. The van der Waals surface area contributed by atoms with Gasteiger partial charge in [-0.05, 0) is 38.0 Å². The van der Waals surface area contributed by atoms with Crippen LogP contribution in [-0.4, -0.2) is 35.7 Å². The van der Waals surface area contributed by atoms with E-state index in [4.69, 9.17) is 22.4 Å². The van der Waals surface area contributed by atoms with E-state index in [-0.39, 0.29) is 11.5 Å². The number of nitrogens with two attached hydrogens (primary N) is 1. The largest absolute Gasteiger partial charge is 0.368 e. The highest BCUT2D eigenvalue weighted by Crippen LogP contribution is 2.40. The summed E-state index contributed by atoms with van der Waals surface area (Å²) in [4.78, 5) is 28.1. The third-order valence-electron chi connectivity index (χ3n) is 5.59. The predicted octanol–water partition coefficient (Wildman–Crippen LogP) is 2.42. The molecule has 5 rings (SSSR count). The summed E-state index contributed by atoms with van der Waals surface area (Å²) in [6, 6.07) is 11.1. The highest BCUT2D eigenvalue weighted by atomic mass is 35.5. The molecule has 1 aromatic carbocycles. The van der Waals surface area contributed by atoms with E-state index in [9.17, 15) is 4.79 Å². The van der Waals surface area contributed by atoms with Crippen molar-refractivity contribution in [2.24, 2.45) is 0 Å². The van der Waals surface area contributed by atoms with E-state index in [1.807, 2.05) is 42.2 Å². The van der Waals surface area contributed by atoms with Crippen LogP contribution in [0.3, 0.4) is 0 Å². The number of anilines is 2. The zero-order valence-electron chi connectivity index (χ0n) is 16.2. The first-order valence-corrected chi connectivity index (χ1v) is 9.95. The SMILES string of the molecule is C[C@@]1(c2nn3ccc(Cl)c3c(=O)n2-c2ccccc2)CCCN1c1ncnc(N)n1. The van der Waals surface area contributed by atoms with Crippen LogP contribution in [-0.2, 0) is 5.54 Å². The molecule has 0 unspecified atom stereocenters. The van der Waals surface area contributed by atoms with E-state index in [1.54, 1.807) is 21.3 Å². The van der Waals surface area contributed by atoms with Crippen molar-refractivity contribution in [1.82, 2.24) is 29.1 Å². The highest BCUT2D eigenvalue weighted by molar-refractivity contribution is 6.33. The topological polar surface area (TPSA) is 107 Å². The monoisotopic (exact) mass is 422 g/mol. The maximum Gasteiger partial charge on any atom is 0.284 e. The minimum absolute atomic E-state index is 0.148. The van der Waals surface area contributed by atoms with Gasteiger partial charge in [-0.3, -0.25) is 9.36 Å². The van der Waals surface area contributed by atoms with Gasteiger partial charge in [0.25, 0.3) is 5.56 Å². The fourth-order valence-corrected chi connectivity index (χ4v) is 4.37. The second-order valence-electron chi connectivity index (χ2n) is 7.43. The molecule has 1 aliphatic rings. The Labute approximate surface area is 176 Å². The summed E-state index contributed by atoms with van der Waals surface area (Å²) < 4.78 is 3.17. The molecule has 0 amide bonds. The third kappa shape index (κ3) is 2.73. The van der Waals surface area contributed by atoms with Crippen LogP contribution in [0.2, 0.25) is 5.02 Å². The standard InChI is InChI=1S/C20H19ClN8O/c1-20(9-5-10-27(20)19-24-12-23-18(22)25-19)17-26-28-11-8-14(21)15(28)16(30)29(17)13-6-3-2-4-7-13/h2-4,6-8,11-12H,5,9-10H2,1H3,(H2,22,23,24,25)/t20-/m0/s1. The Balaban J connectivity index is 1.80. The van der Waals surface area contributed by atoms with E-state index < -0.39 is 5.54 Å². The van der Waals surface area contributed by atoms with Crippen molar-refractivity contribution in [1.29, 1.82) is 0 Å². The average Bonchev–Trinajstić information content (AvgIpc) is 3.32. The molecular formula is C20H19ClN8O. The number of rotatable bonds is 3. The van der Waals surface area contributed by atoms with Crippen molar-refractivity contribution in [3.8, 4) is 5.69 Å². The van der Waals surface area contributed by atoms with Gasteiger partial charge in [0, 0.05) is 12.7 Å². The van der Waals surface area contributed by atoms with Crippen molar-refractivity contribution >= 4 is 29.0 Å². The van der Waals surface area contributed by atoms with Gasteiger partial charge in [0.2, 0.25) is 11.9 Å². The first-order valence-electron chi connectivity index (χ1n) is 9.57. The predicted molar refractivity (Wildman–Crippen MR) is 114 cm³/mol. The second-order valence-corrected chi connectivity index (χ2v) is 7.84. The third-order valence-corrected chi connectivity index (χ3v) is 5.90. The van der Waals surface area contributed by atoms with E-state index in [1.165, 1.54) is 6.33 Å². The Morgan fingerprint density at radius 2 is 1.97 bits per heavy atom.